The number of rotatable bonds is 13. The fourth-order valence-corrected chi connectivity index (χ4v) is 3.71. The molecule has 1 amide bonds. The fraction of sp³-hybridized carbons (Fsp3) is 0.950. The number of nitrogens with one attached hydrogen (secondary N) is 1. The molecule has 0 aromatic carbocycles. The summed E-state index contributed by atoms with van der Waals surface area (Å²) in [5.74, 6) is 0.296. The average Bonchev–Trinajstić information content (AvgIpc) is 2.60. The van der Waals surface area contributed by atoms with Crippen molar-refractivity contribution >= 4 is 5.91 Å². The van der Waals surface area contributed by atoms with Crippen molar-refractivity contribution in [2.45, 2.75) is 109 Å². The number of aliphatic hydroxyl groups is 1. The third-order valence-electron chi connectivity index (χ3n) is 5.33. The number of amides is 1. The minimum absolute atomic E-state index is 0.291. The third kappa shape index (κ3) is 9.63. The van der Waals surface area contributed by atoms with Gasteiger partial charge in [0.05, 0.1) is 0 Å². The van der Waals surface area contributed by atoms with Crippen LogP contribution in [-0.2, 0) is 4.79 Å². The molecule has 0 heterocycles. The van der Waals surface area contributed by atoms with Gasteiger partial charge in [-0.2, -0.15) is 0 Å². The Kier molecular flexibility index (Phi) is 12.2. The van der Waals surface area contributed by atoms with E-state index in [1.807, 2.05) is 0 Å². The van der Waals surface area contributed by atoms with Gasteiger partial charge in [0.2, 0.25) is 5.91 Å². The first-order valence-electron chi connectivity index (χ1n) is 10.4. The van der Waals surface area contributed by atoms with Crippen LogP contribution in [0.25, 0.3) is 0 Å². The number of carbonyl (C=O) groups excluding carboxylic acids is 1. The molecule has 0 saturated heterocycles. The van der Waals surface area contributed by atoms with Crippen molar-refractivity contribution in [1.29, 1.82) is 0 Å². The van der Waals surface area contributed by atoms with E-state index in [9.17, 15) is 9.90 Å². The lowest BCUT2D eigenvalue weighted by atomic mass is 9.84. The largest absolute Gasteiger partial charge is 0.382 e. The zero-order valence-electron chi connectivity index (χ0n) is 15.8. The number of nitrogens with two attached hydrogens (primary N) is 1. The smallest absolute Gasteiger partial charge is 0.250 e. The van der Waals surface area contributed by atoms with Crippen molar-refractivity contribution in [3.8, 4) is 0 Å². The van der Waals surface area contributed by atoms with Crippen LogP contribution in [0.15, 0.2) is 0 Å². The molecule has 1 fully saturated rings. The van der Waals surface area contributed by atoms with E-state index in [0.717, 1.165) is 19.3 Å². The second kappa shape index (κ2) is 13.7. The minimum Gasteiger partial charge on any atom is -0.382 e. The third-order valence-corrected chi connectivity index (χ3v) is 5.33. The molecule has 142 valence electrons. The van der Waals surface area contributed by atoms with Gasteiger partial charge in [-0.25, -0.2) is 0 Å². The zero-order valence-corrected chi connectivity index (χ0v) is 15.8. The summed E-state index contributed by atoms with van der Waals surface area (Å²) in [6, 6.07) is -0.424. The van der Waals surface area contributed by atoms with Gasteiger partial charge in [0.25, 0.3) is 0 Å². The molecule has 4 N–H and O–H groups in total. The Labute approximate surface area is 149 Å². The summed E-state index contributed by atoms with van der Waals surface area (Å²) < 4.78 is 0. The first kappa shape index (κ1) is 21.4. The lowest BCUT2D eigenvalue weighted by molar-refractivity contribution is -0.130. The van der Waals surface area contributed by atoms with Gasteiger partial charge in [-0.3, -0.25) is 4.79 Å². The van der Waals surface area contributed by atoms with Crippen LogP contribution in [0, 0.1) is 5.92 Å². The van der Waals surface area contributed by atoms with Gasteiger partial charge >= 0.3 is 0 Å². The molecule has 24 heavy (non-hydrogen) atoms. The monoisotopic (exact) mass is 340 g/mol. The van der Waals surface area contributed by atoms with E-state index >= 15 is 0 Å². The summed E-state index contributed by atoms with van der Waals surface area (Å²) in [6.45, 7) is 2.89. The zero-order chi connectivity index (χ0) is 17.6. The SMILES string of the molecule is CCCCCCCCCCNC(=O)C(O)[C@H](N)CC1CCCCC1. The lowest BCUT2D eigenvalue weighted by Crippen LogP contribution is -2.47. The van der Waals surface area contributed by atoms with Gasteiger partial charge in [0, 0.05) is 12.6 Å². The van der Waals surface area contributed by atoms with Gasteiger partial charge in [0.15, 0.2) is 0 Å². The molecular formula is C20H40N2O2. The van der Waals surface area contributed by atoms with E-state index in [4.69, 9.17) is 5.73 Å². The molecule has 0 radical (unpaired) electrons. The van der Waals surface area contributed by atoms with E-state index in [1.54, 1.807) is 0 Å². The van der Waals surface area contributed by atoms with Crippen molar-refractivity contribution < 1.29 is 9.90 Å². The molecule has 1 aliphatic carbocycles. The Morgan fingerprint density at radius 2 is 1.62 bits per heavy atom. The molecule has 1 unspecified atom stereocenters. The molecule has 0 bridgehead atoms. The molecule has 4 nitrogen and oxygen atoms in total. The predicted molar refractivity (Wildman–Crippen MR) is 101 cm³/mol. The highest BCUT2D eigenvalue weighted by atomic mass is 16.3. The Hall–Kier alpha value is -0.610. The van der Waals surface area contributed by atoms with E-state index in [0.29, 0.717) is 12.5 Å². The molecule has 0 spiro atoms. The quantitative estimate of drug-likeness (QED) is 0.445. The molecule has 1 saturated carbocycles. The normalized spacial score (nSPS) is 18.3. The summed E-state index contributed by atoms with van der Waals surface area (Å²) in [5.41, 5.74) is 6.05. The number of unbranched alkanes of at least 4 members (excludes halogenated alkanes) is 7. The first-order chi connectivity index (χ1) is 11.6. The van der Waals surface area contributed by atoms with E-state index in [-0.39, 0.29) is 5.91 Å². The molecule has 0 aromatic rings. The van der Waals surface area contributed by atoms with Crippen molar-refractivity contribution in [2.24, 2.45) is 11.7 Å². The van der Waals surface area contributed by atoms with E-state index < -0.39 is 12.1 Å². The van der Waals surface area contributed by atoms with Crippen molar-refractivity contribution in [3.63, 3.8) is 0 Å². The molecule has 1 aliphatic rings. The predicted octanol–water partition coefficient (Wildman–Crippen LogP) is 3.90. The molecule has 4 heteroatoms. The maximum absolute atomic E-state index is 12.0. The Morgan fingerprint density at radius 1 is 1.04 bits per heavy atom. The molecule has 2 atom stereocenters. The van der Waals surface area contributed by atoms with Crippen LogP contribution < -0.4 is 11.1 Å². The number of hydrogen-bond acceptors (Lipinski definition) is 3. The molecular weight excluding hydrogens is 300 g/mol. The topological polar surface area (TPSA) is 75.3 Å². The maximum atomic E-state index is 12.0. The fourth-order valence-electron chi connectivity index (χ4n) is 3.71. The van der Waals surface area contributed by atoms with Crippen molar-refractivity contribution in [3.05, 3.63) is 0 Å². The van der Waals surface area contributed by atoms with Crippen LogP contribution in [0.1, 0.15) is 96.8 Å². The van der Waals surface area contributed by atoms with Crippen LogP contribution >= 0.6 is 0 Å². The van der Waals surface area contributed by atoms with E-state index in [2.05, 4.69) is 12.2 Å². The van der Waals surface area contributed by atoms with Gasteiger partial charge in [-0.05, 0) is 18.8 Å². The average molecular weight is 341 g/mol. The summed E-state index contributed by atoms with van der Waals surface area (Å²) in [6.07, 6.45) is 15.9. The highest BCUT2D eigenvalue weighted by Gasteiger charge is 2.26. The van der Waals surface area contributed by atoms with Crippen LogP contribution in [0.2, 0.25) is 0 Å². The van der Waals surface area contributed by atoms with Gasteiger partial charge in [-0.15, -0.1) is 0 Å². The Morgan fingerprint density at radius 3 is 2.25 bits per heavy atom. The lowest BCUT2D eigenvalue weighted by Gasteiger charge is -2.26. The van der Waals surface area contributed by atoms with Gasteiger partial charge in [-0.1, -0.05) is 84.0 Å². The van der Waals surface area contributed by atoms with Gasteiger partial charge in [0.1, 0.15) is 6.10 Å². The summed E-state index contributed by atoms with van der Waals surface area (Å²) >= 11 is 0. The van der Waals surface area contributed by atoms with Crippen LogP contribution in [-0.4, -0.2) is 29.7 Å². The van der Waals surface area contributed by atoms with Gasteiger partial charge < -0.3 is 16.2 Å². The minimum atomic E-state index is -1.05. The summed E-state index contributed by atoms with van der Waals surface area (Å²) in [4.78, 5) is 12.0. The highest BCUT2D eigenvalue weighted by molar-refractivity contribution is 5.81. The van der Waals surface area contributed by atoms with Crippen LogP contribution in [0.3, 0.4) is 0 Å². The Balaban J connectivity index is 2.02. The number of aliphatic hydroxyl groups excluding tert-OH is 1. The molecule has 1 rings (SSSR count). The van der Waals surface area contributed by atoms with Crippen LogP contribution in [0.5, 0.6) is 0 Å². The van der Waals surface area contributed by atoms with E-state index in [1.165, 1.54) is 70.6 Å². The molecule has 0 aromatic heterocycles. The number of carbonyl (C=O) groups is 1. The van der Waals surface area contributed by atoms with Crippen molar-refractivity contribution in [2.75, 3.05) is 6.54 Å². The first-order valence-corrected chi connectivity index (χ1v) is 10.4. The Bertz CT molecular complexity index is 317. The maximum Gasteiger partial charge on any atom is 0.250 e. The van der Waals surface area contributed by atoms with Crippen molar-refractivity contribution in [1.82, 2.24) is 5.32 Å². The summed E-state index contributed by atoms with van der Waals surface area (Å²) in [5, 5.41) is 12.9. The highest BCUT2D eigenvalue weighted by Crippen LogP contribution is 2.27. The second-order valence-electron chi connectivity index (χ2n) is 7.61. The number of hydrogen-bond donors (Lipinski definition) is 3. The second-order valence-corrected chi connectivity index (χ2v) is 7.61. The summed E-state index contributed by atoms with van der Waals surface area (Å²) in [7, 11) is 0. The standard InChI is InChI=1S/C20H40N2O2/c1-2-3-4-5-6-7-8-12-15-22-20(24)19(23)18(21)16-17-13-10-9-11-14-17/h17-19,23H,2-16,21H2,1H3,(H,22,24)/t18-,19?/m1/s1. The van der Waals surface area contributed by atoms with Crippen LogP contribution in [0.4, 0.5) is 0 Å². The molecule has 0 aliphatic heterocycles.